The van der Waals surface area contributed by atoms with Gasteiger partial charge in [-0.15, -0.1) is 0 Å². The summed E-state index contributed by atoms with van der Waals surface area (Å²) in [5.41, 5.74) is 1.65. The normalized spacial score (nSPS) is 10.5. The standard InChI is InChI=1S/C13H11BrO/c1-8(2)11-7-9-5-3-4-6-10(9)12(14)13(11)15/h3-7,15H,1H2,2H3. The molecule has 0 amide bonds. The summed E-state index contributed by atoms with van der Waals surface area (Å²) in [6, 6.07) is 9.88. The Labute approximate surface area is 97.2 Å². The third-order valence-corrected chi connectivity index (χ3v) is 3.22. The molecule has 0 fully saturated rings. The molecule has 2 heteroatoms. The molecule has 0 radical (unpaired) electrons. The number of phenols is 1. The van der Waals surface area contributed by atoms with E-state index in [9.17, 15) is 5.11 Å². The average Bonchev–Trinajstić information content (AvgIpc) is 2.23. The monoisotopic (exact) mass is 262 g/mol. The van der Waals surface area contributed by atoms with E-state index in [1.165, 1.54) is 0 Å². The summed E-state index contributed by atoms with van der Waals surface area (Å²) in [6.07, 6.45) is 0. The van der Waals surface area contributed by atoms with Gasteiger partial charge in [-0.1, -0.05) is 30.8 Å². The number of benzene rings is 2. The number of phenolic OH excluding ortho intramolecular Hbond substituents is 1. The second-order valence-electron chi connectivity index (χ2n) is 3.59. The van der Waals surface area contributed by atoms with Gasteiger partial charge in [-0.25, -0.2) is 0 Å². The van der Waals surface area contributed by atoms with Crippen LogP contribution in [0.1, 0.15) is 12.5 Å². The minimum atomic E-state index is 0.265. The molecular formula is C13H11BrO. The van der Waals surface area contributed by atoms with Crippen molar-refractivity contribution in [2.75, 3.05) is 0 Å². The summed E-state index contributed by atoms with van der Waals surface area (Å²) >= 11 is 3.41. The third-order valence-electron chi connectivity index (χ3n) is 2.42. The van der Waals surface area contributed by atoms with E-state index in [-0.39, 0.29) is 5.75 Å². The van der Waals surface area contributed by atoms with Crippen LogP contribution in [0.3, 0.4) is 0 Å². The van der Waals surface area contributed by atoms with Crippen molar-refractivity contribution in [2.45, 2.75) is 6.92 Å². The second kappa shape index (κ2) is 3.70. The summed E-state index contributed by atoms with van der Waals surface area (Å²) in [5, 5.41) is 12.1. The molecule has 1 N–H and O–H groups in total. The number of halogens is 1. The molecule has 0 saturated carbocycles. The first-order valence-corrected chi connectivity index (χ1v) is 5.46. The van der Waals surface area contributed by atoms with Crippen LogP contribution in [0.5, 0.6) is 5.75 Å². The van der Waals surface area contributed by atoms with Crippen LogP contribution in [0.4, 0.5) is 0 Å². The van der Waals surface area contributed by atoms with Crippen molar-refractivity contribution in [1.82, 2.24) is 0 Å². The van der Waals surface area contributed by atoms with Crippen LogP contribution in [0.2, 0.25) is 0 Å². The fraction of sp³-hybridized carbons (Fsp3) is 0.0769. The van der Waals surface area contributed by atoms with Crippen molar-refractivity contribution < 1.29 is 5.11 Å². The minimum Gasteiger partial charge on any atom is -0.506 e. The van der Waals surface area contributed by atoms with Gasteiger partial charge in [0, 0.05) is 5.56 Å². The van der Waals surface area contributed by atoms with Gasteiger partial charge in [0.2, 0.25) is 0 Å². The Balaban J connectivity index is 2.88. The van der Waals surface area contributed by atoms with Crippen molar-refractivity contribution in [2.24, 2.45) is 0 Å². The lowest BCUT2D eigenvalue weighted by Crippen LogP contribution is -1.84. The van der Waals surface area contributed by atoms with Gasteiger partial charge in [0.25, 0.3) is 0 Å². The van der Waals surface area contributed by atoms with Crippen molar-refractivity contribution >= 4 is 32.3 Å². The largest absolute Gasteiger partial charge is 0.506 e. The number of allylic oxidation sites excluding steroid dienone is 1. The van der Waals surface area contributed by atoms with Crippen molar-refractivity contribution in [1.29, 1.82) is 0 Å². The summed E-state index contributed by atoms with van der Waals surface area (Å²) in [4.78, 5) is 0. The lowest BCUT2D eigenvalue weighted by atomic mass is 10.0. The molecule has 0 aromatic heterocycles. The number of hydrogen-bond acceptors (Lipinski definition) is 1. The van der Waals surface area contributed by atoms with E-state index < -0.39 is 0 Å². The minimum absolute atomic E-state index is 0.265. The molecule has 1 nitrogen and oxygen atoms in total. The molecular weight excluding hydrogens is 252 g/mol. The van der Waals surface area contributed by atoms with Gasteiger partial charge in [0.1, 0.15) is 5.75 Å². The number of rotatable bonds is 1. The van der Waals surface area contributed by atoms with Crippen LogP contribution in [-0.2, 0) is 0 Å². The first-order valence-electron chi connectivity index (χ1n) is 4.67. The predicted octanol–water partition coefficient (Wildman–Crippen LogP) is 4.34. The highest BCUT2D eigenvalue weighted by Gasteiger charge is 2.10. The highest BCUT2D eigenvalue weighted by Crippen LogP contribution is 2.38. The van der Waals surface area contributed by atoms with Gasteiger partial charge in [0.05, 0.1) is 4.47 Å². The summed E-state index contributed by atoms with van der Waals surface area (Å²) < 4.78 is 0.735. The van der Waals surface area contributed by atoms with E-state index in [1.807, 2.05) is 37.3 Å². The lowest BCUT2D eigenvalue weighted by Gasteiger charge is -2.09. The Morgan fingerprint density at radius 2 is 2.00 bits per heavy atom. The molecule has 0 spiro atoms. The highest BCUT2D eigenvalue weighted by molar-refractivity contribution is 9.10. The summed E-state index contributed by atoms with van der Waals surface area (Å²) in [5.74, 6) is 0.265. The molecule has 0 unspecified atom stereocenters. The summed E-state index contributed by atoms with van der Waals surface area (Å²) in [6.45, 7) is 5.74. The van der Waals surface area contributed by atoms with E-state index in [2.05, 4.69) is 22.5 Å². The molecule has 0 aliphatic carbocycles. The van der Waals surface area contributed by atoms with Crippen LogP contribution < -0.4 is 0 Å². The van der Waals surface area contributed by atoms with E-state index in [0.29, 0.717) is 0 Å². The van der Waals surface area contributed by atoms with E-state index in [0.717, 1.165) is 26.4 Å². The Hall–Kier alpha value is -1.28. The highest BCUT2D eigenvalue weighted by atomic mass is 79.9. The molecule has 0 aliphatic heterocycles. The van der Waals surface area contributed by atoms with Crippen molar-refractivity contribution in [3.63, 3.8) is 0 Å². The third kappa shape index (κ3) is 1.65. The molecule has 0 saturated heterocycles. The maximum Gasteiger partial charge on any atom is 0.137 e. The van der Waals surface area contributed by atoms with Crippen LogP contribution in [0, 0.1) is 0 Å². The van der Waals surface area contributed by atoms with E-state index in [1.54, 1.807) is 0 Å². The molecule has 2 aromatic carbocycles. The van der Waals surface area contributed by atoms with Crippen LogP contribution in [0.15, 0.2) is 41.4 Å². The molecule has 2 aromatic rings. The van der Waals surface area contributed by atoms with Gasteiger partial charge in [-0.3, -0.25) is 0 Å². The number of aromatic hydroxyl groups is 1. The van der Waals surface area contributed by atoms with Gasteiger partial charge in [0.15, 0.2) is 0 Å². The lowest BCUT2D eigenvalue weighted by molar-refractivity contribution is 0.471. The Kier molecular flexibility index (Phi) is 2.53. The molecule has 0 aliphatic rings. The molecule has 0 bridgehead atoms. The molecule has 0 atom stereocenters. The second-order valence-corrected chi connectivity index (χ2v) is 4.38. The van der Waals surface area contributed by atoms with E-state index >= 15 is 0 Å². The Morgan fingerprint density at radius 3 is 2.67 bits per heavy atom. The topological polar surface area (TPSA) is 20.2 Å². The zero-order valence-corrected chi connectivity index (χ0v) is 10.0. The van der Waals surface area contributed by atoms with Gasteiger partial charge in [-0.05, 0) is 45.3 Å². The van der Waals surface area contributed by atoms with Gasteiger partial charge >= 0.3 is 0 Å². The van der Waals surface area contributed by atoms with Crippen LogP contribution in [0.25, 0.3) is 16.3 Å². The Bertz CT molecular complexity index is 543. The van der Waals surface area contributed by atoms with E-state index in [4.69, 9.17) is 0 Å². The summed E-state index contributed by atoms with van der Waals surface area (Å²) in [7, 11) is 0. The fourth-order valence-corrected chi connectivity index (χ4v) is 2.19. The maximum absolute atomic E-state index is 9.96. The first-order chi connectivity index (χ1) is 7.11. The van der Waals surface area contributed by atoms with Gasteiger partial charge in [-0.2, -0.15) is 0 Å². The number of hydrogen-bond donors (Lipinski definition) is 1. The zero-order valence-electron chi connectivity index (χ0n) is 8.42. The first kappa shape index (κ1) is 10.2. The maximum atomic E-state index is 9.96. The Morgan fingerprint density at radius 1 is 1.33 bits per heavy atom. The quantitative estimate of drug-likeness (QED) is 0.811. The zero-order chi connectivity index (χ0) is 11.0. The smallest absolute Gasteiger partial charge is 0.137 e. The molecule has 76 valence electrons. The van der Waals surface area contributed by atoms with Crippen LogP contribution >= 0.6 is 15.9 Å². The van der Waals surface area contributed by atoms with Crippen molar-refractivity contribution in [3.8, 4) is 5.75 Å². The fourth-order valence-electron chi connectivity index (χ4n) is 1.62. The number of fused-ring (bicyclic) bond motifs is 1. The SMILES string of the molecule is C=C(C)c1cc2ccccc2c(Br)c1O. The molecule has 2 rings (SSSR count). The van der Waals surface area contributed by atoms with Crippen LogP contribution in [-0.4, -0.2) is 5.11 Å². The molecule has 15 heavy (non-hydrogen) atoms. The average molecular weight is 263 g/mol. The van der Waals surface area contributed by atoms with Gasteiger partial charge < -0.3 is 5.11 Å². The van der Waals surface area contributed by atoms with Crippen molar-refractivity contribution in [3.05, 3.63) is 46.9 Å². The molecule has 0 heterocycles. The predicted molar refractivity (Wildman–Crippen MR) is 68.0 cm³/mol.